The highest BCUT2D eigenvalue weighted by molar-refractivity contribution is 5.79. The number of benzene rings is 3. The summed E-state index contributed by atoms with van der Waals surface area (Å²) in [6, 6.07) is 23.9. The second-order valence-corrected chi connectivity index (χ2v) is 6.09. The number of ether oxygens (including phenoxy) is 2. The van der Waals surface area contributed by atoms with Crippen LogP contribution in [-0.2, 0) is 0 Å². The Kier molecular flexibility index (Phi) is 4.88. The molecule has 27 heavy (non-hydrogen) atoms. The average molecular weight is 356 g/mol. The van der Waals surface area contributed by atoms with E-state index in [1.165, 1.54) is 0 Å². The minimum Gasteiger partial charge on any atom is -0.493 e. The smallest absolute Gasteiger partial charge is 0.161 e. The zero-order valence-electron chi connectivity index (χ0n) is 15.1. The maximum atomic E-state index is 5.86. The van der Waals surface area contributed by atoms with Crippen LogP contribution in [0.3, 0.4) is 0 Å². The number of nitrogens with zero attached hydrogens (tertiary/aromatic N) is 1. The van der Waals surface area contributed by atoms with Crippen molar-refractivity contribution >= 4 is 17.1 Å². The van der Waals surface area contributed by atoms with Crippen LogP contribution >= 0.6 is 0 Å². The number of hydrogen-bond acceptors (Lipinski definition) is 3. The van der Waals surface area contributed by atoms with Gasteiger partial charge < -0.3 is 14.5 Å². The number of nitrogens with one attached hydrogen (secondary N) is 1. The average Bonchev–Trinajstić information content (AvgIpc) is 3.16. The number of aromatic amines is 1. The molecule has 0 amide bonds. The van der Waals surface area contributed by atoms with Crippen molar-refractivity contribution in [3.05, 3.63) is 84.4 Å². The predicted molar refractivity (Wildman–Crippen MR) is 109 cm³/mol. The van der Waals surface area contributed by atoms with Crippen molar-refractivity contribution in [3.63, 3.8) is 0 Å². The van der Waals surface area contributed by atoms with E-state index in [0.717, 1.165) is 28.0 Å². The molecule has 1 heterocycles. The Morgan fingerprint density at radius 2 is 1.74 bits per heavy atom. The molecular weight excluding hydrogens is 336 g/mol. The van der Waals surface area contributed by atoms with Gasteiger partial charge in [-0.15, -0.1) is 0 Å². The lowest BCUT2D eigenvalue weighted by Gasteiger charge is -2.10. The molecule has 3 aromatic carbocycles. The van der Waals surface area contributed by atoms with Gasteiger partial charge >= 0.3 is 0 Å². The monoisotopic (exact) mass is 356 g/mol. The Labute approximate surface area is 158 Å². The molecule has 4 heteroatoms. The first-order valence-electron chi connectivity index (χ1n) is 8.81. The number of methoxy groups -OCH3 is 1. The van der Waals surface area contributed by atoms with Gasteiger partial charge in [-0.05, 0) is 42.0 Å². The second-order valence-electron chi connectivity index (χ2n) is 6.09. The van der Waals surface area contributed by atoms with Gasteiger partial charge in [0.1, 0.15) is 12.4 Å². The van der Waals surface area contributed by atoms with Gasteiger partial charge in [-0.25, -0.2) is 4.98 Å². The predicted octanol–water partition coefficient (Wildman–Crippen LogP) is 5.33. The molecule has 0 spiro atoms. The van der Waals surface area contributed by atoms with Crippen molar-refractivity contribution in [3.8, 4) is 22.9 Å². The number of hydrogen-bond donors (Lipinski definition) is 1. The summed E-state index contributed by atoms with van der Waals surface area (Å²) in [5, 5.41) is 0. The third-order valence-corrected chi connectivity index (χ3v) is 4.27. The first kappa shape index (κ1) is 16.9. The van der Waals surface area contributed by atoms with Crippen LogP contribution in [0.1, 0.15) is 5.56 Å². The minimum absolute atomic E-state index is 0.467. The Bertz CT molecular complexity index is 1040. The fraction of sp³-hybridized carbons (Fsp3) is 0.0870. The van der Waals surface area contributed by atoms with Gasteiger partial charge in [0.25, 0.3) is 0 Å². The van der Waals surface area contributed by atoms with Crippen LogP contribution in [0.4, 0.5) is 0 Å². The molecule has 0 fully saturated rings. The maximum absolute atomic E-state index is 5.86. The molecule has 0 radical (unpaired) electrons. The Hall–Kier alpha value is -3.53. The van der Waals surface area contributed by atoms with E-state index in [1.54, 1.807) is 7.11 Å². The van der Waals surface area contributed by atoms with Crippen molar-refractivity contribution in [2.75, 3.05) is 13.7 Å². The molecular formula is C23H20N2O2. The van der Waals surface area contributed by atoms with Gasteiger partial charge in [-0.2, -0.15) is 0 Å². The van der Waals surface area contributed by atoms with Crippen molar-refractivity contribution in [1.82, 2.24) is 9.97 Å². The molecule has 4 rings (SSSR count). The summed E-state index contributed by atoms with van der Waals surface area (Å²) >= 11 is 0. The first-order chi connectivity index (χ1) is 13.3. The number of imidazole rings is 1. The van der Waals surface area contributed by atoms with E-state index in [2.05, 4.69) is 22.1 Å². The summed E-state index contributed by atoms with van der Waals surface area (Å²) in [5.74, 6) is 2.20. The molecule has 0 bridgehead atoms. The van der Waals surface area contributed by atoms with E-state index in [9.17, 15) is 0 Å². The number of para-hydroxylation sites is 2. The lowest BCUT2D eigenvalue weighted by molar-refractivity contribution is 0.327. The van der Waals surface area contributed by atoms with Crippen molar-refractivity contribution in [2.45, 2.75) is 0 Å². The van der Waals surface area contributed by atoms with Crippen LogP contribution in [0.2, 0.25) is 0 Å². The molecule has 1 aromatic heterocycles. The van der Waals surface area contributed by atoms with Gasteiger partial charge in [0.05, 0.1) is 18.1 Å². The van der Waals surface area contributed by atoms with Crippen molar-refractivity contribution < 1.29 is 9.47 Å². The zero-order valence-corrected chi connectivity index (χ0v) is 15.1. The normalized spacial score (nSPS) is 11.1. The standard InChI is InChI=1S/C23H20N2O2/c1-26-22-16-18(23-24-19-11-5-6-12-20(19)25-23)13-14-21(22)27-15-7-10-17-8-3-2-4-9-17/h2-14,16H,15H2,1H3,(H,24,25). The first-order valence-corrected chi connectivity index (χ1v) is 8.81. The highest BCUT2D eigenvalue weighted by Crippen LogP contribution is 2.32. The van der Waals surface area contributed by atoms with Gasteiger partial charge in [-0.1, -0.05) is 48.5 Å². The fourth-order valence-corrected chi connectivity index (χ4v) is 2.91. The lowest BCUT2D eigenvalue weighted by Crippen LogP contribution is -1.97. The molecule has 0 saturated heterocycles. The number of fused-ring (bicyclic) bond motifs is 1. The molecule has 0 aliphatic carbocycles. The highest BCUT2D eigenvalue weighted by Gasteiger charge is 2.10. The van der Waals surface area contributed by atoms with Gasteiger partial charge in [-0.3, -0.25) is 0 Å². The van der Waals surface area contributed by atoms with Gasteiger partial charge in [0.2, 0.25) is 0 Å². The summed E-state index contributed by atoms with van der Waals surface area (Å²) in [6.07, 6.45) is 4.02. The van der Waals surface area contributed by atoms with Crippen LogP contribution in [0.5, 0.6) is 11.5 Å². The SMILES string of the molecule is COc1cc(-c2nc3ccccc3[nH]2)ccc1OCC=Cc1ccccc1. The molecule has 4 nitrogen and oxygen atoms in total. The minimum atomic E-state index is 0.467. The highest BCUT2D eigenvalue weighted by atomic mass is 16.5. The molecule has 0 unspecified atom stereocenters. The van der Waals surface area contributed by atoms with Gasteiger partial charge in [0.15, 0.2) is 11.5 Å². The number of rotatable bonds is 6. The summed E-state index contributed by atoms with van der Waals surface area (Å²) in [4.78, 5) is 7.97. The molecule has 1 N–H and O–H groups in total. The molecule has 0 aliphatic rings. The Morgan fingerprint density at radius 1 is 0.926 bits per heavy atom. The summed E-state index contributed by atoms with van der Waals surface area (Å²) < 4.78 is 11.4. The van der Waals surface area contributed by atoms with E-state index >= 15 is 0 Å². The third kappa shape index (κ3) is 3.85. The largest absolute Gasteiger partial charge is 0.493 e. The summed E-state index contributed by atoms with van der Waals surface area (Å²) in [7, 11) is 1.64. The van der Waals surface area contributed by atoms with E-state index in [4.69, 9.17) is 9.47 Å². The number of H-pyrrole nitrogens is 1. The molecule has 0 atom stereocenters. The maximum Gasteiger partial charge on any atom is 0.161 e. The topological polar surface area (TPSA) is 47.1 Å². The van der Waals surface area contributed by atoms with E-state index < -0.39 is 0 Å². The van der Waals surface area contributed by atoms with Crippen LogP contribution in [0.25, 0.3) is 28.5 Å². The molecule has 0 saturated carbocycles. The Morgan fingerprint density at radius 3 is 2.56 bits per heavy atom. The van der Waals surface area contributed by atoms with Crippen molar-refractivity contribution in [2.24, 2.45) is 0 Å². The van der Waals surface area contributed by atoms with Crippen LogP contribution in [0, 0.1) is 0 Å². The Balaban J connectivity index is 1.50. The third-order valence-electron chi connectivity index (χ3n) is 4.27. The van der Waals surface area contributed by atoms with Crippen molar-refractivity contribution in [1.29, 1.82) is 0 Å². The second kappa shape index (κ2) is 7.79. The lowest BCUT2D eigenvalue weighted by atomic mass is 10.2. The van der Waals surface area contributed by atoms with Gasteiger partial charge in [0, 0.05) is 5.56 Å². The molecule has 4 aromatic rings. The number of aromatic nitrogens is 2. The summed E-state index contributed by atoms with van der Waals surface area (Å²) in [6.45, 7) is 0.467. The van der Waals surface area contributed by atoms with Crippen LogP contribution in [-0.4, -0.2) is 23.7 Å². The van der Waals surface area contributed by atoms with Crippen LogP contribution < -0.4 is 9.47 Å². The quantitative estimate of drug-likeness (QED) is 0.508. The molecule has 0 aliphatic heterocycles. The van der Waals surface area contributed by atoms with E-state index in [1.807, 2.05) is 72.8 Å². The fourth-order valence-electron chi connectivity index (χ4n) is 2.91. The van der Waals surface area contributed by atoms with Crippen LogP contribution in [0.15, 0.2) is 78.9 Å². The zero-order chi connectivity index (χ0) is 18.5. The summed E-state index contributed by atoms with van der Waals surface area (Å²) in [5.41, 5.74) is 4.05. The molecule has 134 valence electrons. The van der Waals surface area contributed by atoms with E-state index in [-0.39, 0.29) is 0 Å². The van der Waals surface area contributed by atoms with E-state index in [0.29, 0.717) is 18.1 Å².